The van der Waals surface area contributed by atoms with E-state index in [4.69, 9.17) is 4.74 Å². The minimum absolute atomic E-state index is 0.276. The van der Waals surface area contributed by atoms with Crippen molar-refractivity contribution in [3.8, 4) is 11.3 Å². The highest BCUT2D eigenvalue weighted by atomic mass is 16.5. The van der Waals surface area contributed by atoms with Crippen LogP contribution < -0.4 is 5.32 Å². The third kappa shape index (κ3) is 1.62. The Morgan fingerprint density at radius 3 is 2.90 bits per heavy atom. The molecule has 2 N–H and O–H groups in total. The second-order valence-electron chi connectivity index (χ2n) is 4.56. The van der Waals surface area contributed by atoms with E-state index in [-0.39, 0.29) is 6.61 Å². The summed E-state index contributed by atoms with van der Waals surface area (Å²) in [6.07, 6.45) is 3.04. The van der Waals surface area contributed by atoms with Crippen molar-refractivity contribution in [3.05, 3.63) is 42.2 Å². The van der Waals surface area contributed by atoms with Crippen LogP contribution in [0, 0.1) is 0 Å². The van der Waals surface area contributed by atoms with Gasteiger partial charge in [-0.05, 0) is 24.3 Å². The number of carbonyl (C=O) groups is 1. The van der Waals surface area contributed by atoms with Gasteiger partial charge in [0.15, 0.2) is 0 Å². The van der Waals surface area contributed by atoms with Crippen LogP contribution in [-0.4, -0.2) is 21.3 Å². The van der Waals surface area contributed by atoms with Crippen molar-refractivity contribution in [2.24, 2.45) is 0 Å². The van der Waals surface area contributed by atoms with Gasteiger partial charge < -0.3 is 4.74 Å². The number of hydrogen-bond donors (Lipinski definition) is 2. The Morgan fingerprint density at radius 2 is 2.05 bits per heavy atom. The van der Waals surface area contributed by atoms with Gasteiger partial charge in [-0.1, -0.05) is 0 Å². The van der Waals surface area contributed by atoms with Gasteiger partial charge in [0, 0.05) is 28.9 Å². The van der Waals surface area contributed by atoms with Gasteiger partial charge in [0.05, 0.1) is 11.2 Å². The number of anilines is 1. The summed E-state index contributed by atoms with van der Waals surface area (Å²) >= 11 is 0. The fourth-order valence-corrected chi connectivity index (χ4v) is 2.36. The van der Waals surface area contributed by atoms with Crippen LogP contribution in [0.15, 0.2) is 36.7 Å². The summed E-state index contributed by atoms with van der Waals surface area (Å²) in [5.41, 5.74) is 4.43. The highest BCUT2D eigenvalue weighted by molar-refractivity contribution is 5.98. The molecule has 1 amide bonds. The third-order valence-electron chi connectivity index (χ3n) is 3.34. The zero-order chi connectivity index (χ0) is 13.5. The monoisotopic (exact) mass is 266 g/mol. The Labute approximate surface area is 113 Å². The molecular weight excluding hydrogens is 256 g/mol. The zero-order valence-corrected chi connectivity index (χ0v) is 10.4. The van der Waals surface area contributed by atoms with Gasteiger partial charge >= 0.3 is 6.09 Å². The molecule has 1 aromatic carbocycles. The van der Waals surface area contributed by atoms with Gasteiger partial charge in [-0.25, -0.2) is 4.79 Å². The molecule has 6 heteroatoms. The normalized spacial score (nSPS) is 13.7. The average Bonchev–Trinajstić information content (AvgIpc) is 2.88. The number of amides is 1. The molecular formula is C14H10N4O2. The molecule has 0 spiro atoms. The van der Waals surface area contributed by atoms with Gasteiger partial charge in [0.2, 0.25) is 0 Å². The summed E-state index contributed by atoms with van der Waals surface area (Å²) in [6, 6.07) is 7.69. The second kappa shape index (κ2) is 4.06. The highest BCUT2D eigenvalue weighted by Crippen LogP contribution is 2.32. The summed E-state index contributed by atoms with van der Waals surface area (Å²) in [4.78, 5) is 15.2. The molecule has 6 nitrogen and oxygen atoms in total. The summed E-state index contributed by atoms with van der Waals surface area (Å²) in [6.45, 7) is 0.276. The maximum Gasteiger partial charge on any atom is 0.411 e. The smallest absolute Gasteiger partial charge is 0.411 e. The average molecular weight is 266 g/mol. The minimum atomic E-state index is -0.425. The van der Waals surface area contributed by atoms with Crippen LogP contribution in [-0.2, 0) is 11.3 Å². The molecule has 20 heavy (non-hydrogen) atoms. The molecule has 0 aliphatic carbocycles. The van der Waals surface area contributed by atoms with Gasteiger partial charge in [0.25, 0.3) is 0 Å². The van der Waals surface area contributed by atoms with E-state index in [2.05, 4.69) is 20.5 Å². The predicted molar refractivity (Wildman–Crippen MR) is 73.1 cm³/mol. The lowest BCUT2D eigenvalue weighted by Gasteiger charge is -2.17. The van der Waals surface area contributed by atoms with Crippen LogP contribution in [0.1, 0.15) is 5.56 Å². The summed E-state index contributed by atoms with van der Waals surface area (Å²) in [5, 5.41) is 11.0. The molecule has 0 radical (unpaired) electrons. The second-order valence-corrected chi connectivity index (χ2v) is 4.56. The summed E-state index contributed by atoms with van der Waals surface area (Å²) in [7, 11) is 0. The van der Waals surface area contributed by atoms with Crippen molar-refractivity contribution in [1.29, 1.82) is 0 Å². The van der Waals surface area contributed by atoms with Crippen molar-refractivity contribution in [2.75, 3.05) is 5.32 Å². The first kappa shape index (κ1) is 11.0. The van der Waals surface area contributed by atoms with Crippen LogP contribution in [0.4, 0.5) is 10.5 Å². The fourth-order valence-electron chi connectivity index (χ4n) is 2.36. The maximum atomic E-state index is 11.2. The van der Waals surface area contributed by atoms with Gasteiger partial charge in [-0.3, -0.25) is 15.4 Å². The standard InChI is InChI=1S/C14H10N4O2/c19-14-16-11-6-12-10(5-9(11)7-20-14)13(18-17-12)8-1-3-15-4-2-8/h1-6H,7H2,(H,16,19)(H,17,18). The molecule has 0 saturated carbocycles. The molecule has 0 saturated heterocycles. The lowest BCUT2D eigenvalue weighted by atomic mass is 10.0. The van der Waals surface area contributed by atoms with Gasteiger partial charge in [-0.15, -0.1) is 0 Å². The van der Waals surface area contributed by atoms with Crippen molar-refractivity contribution in [3.63, 3.8) is 0 Å². The lowest BCUT2D eigenvalue weighted by molar-refractivity contribution is 0.151. The number of pyridine rings is 1. The number of carbonyl (C=O) groups excluding carboxylic acids is 1. The number of hydrogen-bond acceptors (Lipinski definition) is 4. The van der Waals surface area contributed by atoms with E-state index in [0.717, 1.165) is 33.4 Å². The highest BCUT2D eigenvalue weighted by Gasteiger charge is 2.18. The van der Waals surface area contributed by atoms with E-state index >= 15 is 0 Å². The first-order valence-corrected chi connectivity index (χ1v) is 6.16. The van der Waals surface area contributed by atoms with E-state index in [9.17, 15) is 4.79 Å². The molecule has 0 fully saturated rings. The fraction of sp³-hybridized carbons (Fsp3) is 0.0714. The Kier molecular flexibility index (Phi) is 2.23. The Morgan fingerprint density at radius 1 is 1.20 bits per heavy atom. The number of fused-ring (bicyclic) bond motifs is 2. The molecule has 3 aromatic rings. The van der Waals surface area contributed by atoms with Crippen LogP contribution in [0.25, 0.3) is 22.2 Å². The van der Waals surface area contributed by atoms with Crippen molar-refractivity contribution >= 4 is 22.7 Å². The molecule has 0 unspecified atom stereocenters. The Balaban J connectivity index is 1.91. The number of aromatic nitrogens is 3. The number of nitrogens with one attached hydrogen (secondary N) is 2. The van der Waals surface area contributed by atoms with Crippen molar-refractivity contribution in [2.45, 2.75) is 6.61 Å². The molecule has 1 aliphatic heterocycles. The van der Waals surface area contributed by atoms with E-state index in [0.29, 0.717) is 0 Å². The topological polar surface area (TPSA) is 79.9 Å². The van der Waals surface area contributed by atoms with E-state index in [1.165, 1.54) is 0 Å². The first-order chi connectivity index (χ1) is 9.81. The number of ether oxygens (including phenoxy) is 1. The lowest BCUT2D eigenvalue weighted by Crippen LogP contribution is -2.20. The number of rotatable bonds is 1. The molecule has 4 rings (SSSR count). The first-order valence-electron chi connectivity index (χ1n) is 6.16. The zero-order valence-electron chi connectivity index (χ0n) is 10.4. The molecule has 0 atom stereocenters. The molecule has 0 bridgehead atoms. The maximum absolute atomic E-state index is 11.2. The number of nitrogens with zero attached hydrogens (tertiary/aromatic N) is 2. The van der Waals surface area contributed by atoms with E-state index < -0.39 is 6.09 Å². The minimum Gasteiger partial charge on any atom is -0.444 e. The van der Waals surface area contributed by atoms with Crippen molar-refractivity contribution < 1.29 is 9.53 Å². The summed E-state index contributed by atoms with van der Waals surface area (Å²) < 4.78 is 4.98. The number of cyclic esters (lactones) is 1. The van der Waals surface area contributed by atoms with Crippen LogP contribution >= 0.6 is 0 Å². The van der Waals surface area contributed by atoms with E-state index in [1.54, 1.807) is 12.4 Å². The van der Waals surface area contributed by atoms with E-state index in [1.807, 2.05) is 24.3 Å². The molecule has 1 aliphatic rings. The number of H-pyrrole nitrogens is 1. The van der Waals surface area contributed by atoms with Gasteiger partial charge in [-0.2, -0.15) is 5.10 Å². The Hall–Kier alpha value is -2.89. The molecule has 3 heterocycles. The third-order valence-corrected chi connectivity index (χ3v) is 3.34. The quantitative estimate of drug-likeness (QED) is 0.709. The van der Waals surface area contributed by atoms with Crippen LogP contribution in [0.5, 0.6) is 0 Å². The number of benzene rings is 1. The van der Waals surface area contributed by atoms with Crippen molar-refractivity contribution in [1.82, 2.24) is 15.2 Å². The molecule has 98 valence electrons. The summed E-state index contributed by atoms with van der Waals surface area (Å²) in [5.74, 6) is 0. The SMILES string of the molecule is O=C1Nc2cc3[nH]nc(-c4ccncc4)c3cc2CO1. The number of aromatic amines is 1. The van der Waals surface area contributed by atoms with Gasteiger partial charge in [0.1, 0.15) is 12.3 Å². The predicted octanol–water partition coefficient (Wildman–Crippen LogP) is 2.69. The van der Waals surface area contributed by atoms with Crippen LogP contribution in [0.2, 0.25) is 0 Å². The molecule has 2 aromatic heterocycles. The Bertz CT molecular complexity index is 811. The van der Waals surface area contributed by atoms with Crippen LogP contribution in [0.3, 0.4) is 0 Å². The largest absolute Gasteiger partial charge is 0.444 e.